The van der Waals surface area contributed by atoms with Crippen molar-refractivity contribution in [2.45, 2.75) is 19.4 Å². The van der Waals surface area contributed by atoms with E-state index >= 15 is 0 Å². The second-order valence-corrected chi connectivity index (χ2v) is 6.46. The monoisotopic (exact) mass is 324 g/mol. The minimum atomic E-state index is -0.00214. The highest BCUT2D eigenvalue weighted by Gasteiger charge is 2.19. The number of carbonyl (C=O) groups excluding carboxylic acids is 1. The molecule has 24 heavy (non-hydrogen) atoms. The lowest BCUT2D eigenvalue weighted by Gasteiger charge is -2.30. The molecule has 1 aliphatic rings. The van der Waals surface area contributed by atoms with Gasteiger partial charge in [-0.05, 0) is 37.2 Å². The SMILES string of the molecule is Cc1ccc(CC(=O)Nc2cccc(C3CN(C)CCO3)c2)cc1. The van der Waals surface area contributed by atoms with Crippen LogP contribution in [0.5, 0.6) is 0 Å². The van der Waals surface area contributed by atoms with E-state index in [1.54, 1.807) is 0 Å². The summed E-state index contributed by atoms with van der Waals surface area (Å²) in [6.07, 6.45) is 0.449. The zero-order valence-electron chi connectivity index (χ0n) is 14.3. The predicted molar refractivity (Wildman–Crippen MR) is 96.1 cm³/mol. The molecule has 1 heterocycles. The largest absolute Gasteiger partial charge is 0.371 e. The summed E-state index contributed by atoms with van der Waals surface area (Å²) in [6, 6.07) is 16.0. The Bertz CT molecular complexity index is 697. The number of morpholine rings is 1. The predicted octanol–water partition coefficient (Wildman–Crippen LogP) is 3.18. The van der Waals surface area contributed by atoms with E-state index in [4.69, 9.17) is 4.74 Å². The van der Waals surface area contributed by atoms with E-state index in [2.05, 4.69) is 23.3 Å². The van der Waals surface area contributed by atoms with Crippen molar-refractivity contribution in [3.8, 4) is 0 Å². The summed E-state index contributed by atoms with van der Waals surface area (Å²) in [5.41, 5.74) is 4.15. The molecule has 1 fully saturated rings. The van der Waals surface area contributed by atoms with E-state index in [0.717, 1.165) is 36.5 Å². The molecule has 0 aromatic heterocycles. The maximum absolute atomic E-state index is 12.3. The van der Waals surface area contributed by atoms with Gasteiger partial charge in [0.05, 0.1) is 19.1 Å². The smallest absolute Gasteiger partial charge is 0.228 e. The summed E-state index contributed by atoms with van der Waals surface area (Å²) in [5.74, 6) is -0.00214. The molecule has 0 bridgehead atoms. The summed E-state index contributed by atoms with van der Waals surface area (Å²) in [4.78, 5) is 14.5. The van der Waals surface area contributed by atoms with Gasteiger partial charge < -0.3 is 15.0 Å². The Morgan fingerprint density at radius 1 is 1.25 bits per heavy atom. The molecule has 1 amide bonds. The maximum Gasteiger partial charge on any atom is 0.228 e. The van der Waals surface area contributed by atoms with Gasteiger partial charge in [0.1, 0.15) is 0 Å². The number of hydrogen-bond acceptors (Lipinski definition) is 3. The molecular weight excluding hydrogens is 300 g/mol. The van der Waals surface area contributed by atoms with Gasteiger partial charge in [-0.2, -0.15) is 0 Å². The molecule has 1 N–H and O–H groups in total. The van der Waals surface area contributed by atoms with E-state index in [1.807, 2.05) is 49.4 Å². The van der Waals surface area contributed by atoms with Gasteiger partial charge in [-0.15, -0.1) is 0 Å². The third-order valence-electron chi connectivity index (χ3n) is 4.30. The Hall–Kier alpha value is -2.17. The molecule has 2 aromatic carbocycles. The van der Waals surface area contributed by atoms with Crippen LogP contribution in [0.25, 0.3) is 0 Å². The number of aryl methyl sites for hydroxylation is 1. The fraction of sp³-hybridized carbons (Fsp3) is 0.350. The standard InChI is InChI=1S/C20H24N2O2/c1-15-6-8-16(9-7-15)12-20(23)21-18-5-3-4-17(13-18)19-14-22(2)10-11-24-19/h3-9,13,19H,10-12,14H2,1-2H3,(H,21,23). The summed E-state index contributed by atoms with van der Waals surface area (Å²) in [7, 11) is 2.10. The summed E-state index contributed by atoms with van der Waals surface area (Å²) >= 11 is 0. The van der Waals surface area contributed by atoms with Crippen molar-refractivity contribution in [1.82, 2.24) is 4.90 Å². The van der Waals surface area contributed by atoms with Crippen molar-refractivity contribution in [3.05, 3.63) is 65.2 Å². The van der Waals surface area contributed by atoms with E-state index in [0.29, 0.717) is 6.42 Å². The van der Waals surface area contributed by atoms with Gasteiger partial charge in [-0.25, -0.2) is 0 Å². The second kappa shape index (κ2) is 7.60. The summed E-state index contributed by atoms with van der Waals surface area (Å²) in [6.45, 7) is 4.62. The molecule has 0 aliphatic carbocycles. The first-order valence-corrected chi connectivity index (χ1v) is 8.35. The lowest BCUT2D eigenvalue weighted by molar-refractivity contribution is -0.115. The van der Waals surface area contributed by atoms with Crippen molar-refractivity contribution in [2.24, 2.45) is 0 Å². The Morgan fingerprint density at radius 2 is 2.04 bits per heavy atom. The Balaban J connectivity index is 1.63. The van der Waals surface area contributed by atoms with Crippen molar-refractivity contribution in [2.75, 3.05) is 32.1 Å². The first-order valence-electron chi connectivity index (χ1n) is 8.35. The molecule has 1 atom stereocenters. The minimum absolute atomic E-state index is 0.00214. The number of nitrogens with one attached hydrogen (secondary N) is 1. The quantitative estimate of drug-likeness (QED) is 0.939. The highest BCUT2D eigenvalue weighted by atomic mass is 16.5. The van der Waals surface area contributed by atoms with Crippen LogP contribution >= 0.6 is 0 Å². The fourth-order valence-electron chi connectivity index (χ4n) is 2.89. The van der Waals surface area contributed by atoms with Crippen LogP contribution in [-0.4, -0.2) is 37.6 Å². The number of carbonyl (C=O) groups is 1. The number of benzene rings is 2. The van der Waals surface area contributed by atoms with Crippen LogP contribution in [0.1, 0.15) is 22.8 Å². The van der Waals surface area contributed by atoms with Gasteiger partial charge in [0.15, 0.2) is 0 Å². The van der Waals surface area contributed by atoms with Gasteiger partial charge in [0, 0.05) is 18.8 Å². The molecule has 0 saturated carbocycles. The summed E-state index contributed by atoms with van der Waals surface area (Å²) < 4.78 is 5.85. The van der Waals surface area contributed by atoms with Crippen LogP contribution in [0.2, 0.25) is 0 Å². The highest BCUT2D eigenvalue weighted by molar-refractivity contribution is 5.92. The molecule has 3 rings (SSSR count). The van der Waals surface area contributed by atoms with Crippen LogP contribution in [0.4, 0.5) is 5.69 Å². The first-order chi connectivity index (χ1) is 11.6. The lowest BCUT2D eigenvalue weighted by atomic mass is 10.1. The van der Waals surface area contributed by atoms with Crippen LogP contribution in [0.3, 0.4) is 0 Å². The fourth-order valence-corrected chi connectivity index (χ4v) is 2.89. The molecule has 126 valence electrons. The highest BCUT2D eigenvalue weighted by Crippen LogP contribution is 2.24. The van der Waals surface area contributed by atoms with Crippen LogP contribution in [-0.2, 0) is 16.0 Å². The lowest BCUT2D eigenvalue weighted by Crippen LogP contribution is -2.35. The first kappa shape index (κ1) is 16.7. The number of nitrogens with zero attached hydrogens (tertiary/aromatic N) is 1. The van der Waals surface area contributed by atoms with Crippen molar-refractivity contribution >= 4 is 11.6 Å². The van der Waals surface area contributed by atoms with E-state index in [9.17, 15) is 4.79 Å². The normalized spacial score (nSPS) is 18.3. The average Bonchev–Trinajstić information content (AvgIpc) is 2.57. The van der Waals surface area contributed by atoms with Gasteiger partial charge in [-0.1, -0.05) is 42.0 Å². The van der Waals surface area contributed by atoms with Gasteiger partial charge in [-0.3, -0.25) is 4.79 Å². The van der Waals surface area contributed by atoms with E-state index < -0.39 is 0 Å². The molecule has 4 heteroatoms. The van der Waals surface area contributed by atoms with E-state index in [1.165, 1.54) is 5.56 Å². The zero-order valence-corrected chi connectivity index (χ0v) is 14.3. The Morgan fingerprint density at radius 3 is 2.79 bits per heavy atom. The second-order valence-electron chi connectivity index (χ2n) is 6.46. The minimum Gasteiger partial charge on any atom is -0.371 e. The van der Waals surface area contributed by atoms with Gasteiger partial charge >= 0.3 is 0 Å². The Labute approximate surface area is 143 Å². The topological polar surface area (TPSA) is 41.6 Å². The maximum atomic E-state index is 12.3. The molecule has 1 unspecified atom stereocenters. The van der Waals surface area contributed by atoms with Crippen LogP contribution < -0.4 is 5.32 Å². The number of likely N-dealkylation sites (N-methyl/N-ethyl adjacent to an activating group) is 1. The molecule has 2 aromatic rings. The van der Waals surface area contributed by atoms with E-state index in [-0.39, 0.29) is 12.0 Å². The average molecular weight is 324 g/mol. The van der Waals surface area contributed by atoms with Gasteiger partial charge in [0.25, 0.3) is 0 Å². The third-order valence-corrected chi connectivity index (χ3v) is 4.30. The summed E-state index contributed by atoms with van der Waals surface area (Å²) in [5, 5.41) is 2.99. The number of amides is 1. The van der Waals surface area contributed by atoms with Crippen LogP contribution in [0, 0.1) is 6.92 Å². The number of ether oxygens (including phenoxy) is 1. The van der Waals surface area contributed by atoms with Crippen LogP contribution in [0.15, 0.2) is 48.5 Å². The van der Waals surface area contributed by atoms with Crippen molar-refractivity contribution in [3.63, 3.8) is 0 Å². The van der Waals surface area contributed by atoms with Crippen molar-refractivity contribution < 1.29 is 9.53 Å². The van der Waals surface area contributed by atoms with Gasteiger partial charge in [0.2, 0.25) is 5.91 Å². The third kappa shape index (κ3) is 4.43. The van der Waals surface area contributed by atoms with Crippen molar-refractivity contribution in [1.29, 1.82) is 0 Å². The molecule has 0 radical (unpaired) electrons. The molecular formula is C20H24N2O2. The number of hydrogen-bond donors (Lipinski definition) is 1. The zero-order chi connectivity index (χ0) is 16.9. The molecule has 4 nitrogen and oxygen atoms in total. The molecule has 1 aliphatic heterocycles. The molecule has 1 saturated heterocycles. The number of rotatable bonds is 4. The number of anilines is 1. The Kier molecular flexibility index (Phi) is 5.28. The molecule has 0 spiro atoms.